The monoisotopic (exact) mass is 403 g/mol. The fourth-order valence-electron chi connectivity index (χ4n) is 2.55. The number of amides is 3. The lowest BCUT2D eigenvalue weighted by molar-refractivity contribution is -0.120. The fourth-order valence-corrected chi connectivity index (χ4v) is 2.55. The molecule has 0 aliphatic heterocycles. The Kier molecular flexibility index (Phi) is 6.85. The molecule has 3 amide bonds. The molecule has 0 aliphatic carbocycles. The molecule has 10 heteroatoms. The van der Waals surface area contributed by atoms with Gasteiger partial charge in [0.1, 0.15) is 6.04 Å². The van der Waals surface area contributed by atoms with Gasteiger partial charge in [-0.3, -0.25) is 14.4 Å². The van der Waals surface area contributed by atoms with Crippen LogP contribution >= 0.6 is 0 Å². The number of rotatable bonds is 8. The second kappa shape index (κ2) is 9.31. The molecule has 0 radical (unpaired) electrons. The number of nitrogens with two attached hydrogens (primary N) is 1. The average molecular weight is 403 g/mol. The summed E-state index contributed by atoms with van der Waals surface area (Å²) in [7, 11) is 0. The molecule has 8 N–H and O–H groups in total. The highest BCUT2D eigenvalue weighted by Gasteiger charge is 2.21. The van der Waals surface area contributed by atoms with Crippen molar-refractivity contribution in [2.75, 3.05) is 6.54 Å². The average Bonchev–Trinajstić information content (AvgIpc) is 2.67. The third-order valence-corrected chi connectivity index (χ3v) is 4.12. The van der Waals surface area contributed by atoms with E-state index < -0.39 is 46.8 Å². The van der Waals surface area contributed by atoms with E-state index in [9.17, 15) is 34.8 Å². The Labute approximate surface area is 165 Å². The number of phenols is 4. The Balaban J connectivity index is 1.90. The molecule has 154 valence electrons. The largest absolute Gasteiger partial charge is 0.504 e. The summed E-state index contributed by atoms with van der Waals surface area (Å²) in [6, 6.07) is 6.72. The maximum atomic E-state index is 12.2. The second-order valence-electron chi connectivity index (χ2n) is 6.17. The zero-order chi connectivity index (χ0) is 21.6. The van der Waals surface area contributed by atoms with E-state index in [4.69, 9.17) is 5.73 Å². The third kappa shape index (κ3) is 5.28. The van der Waals surface area contributed by atoms with Crippen molar-refractivity contribution in [3.63, 3.8) is 0 Å². The minimum absolute atomic E-state index is 0.0902. The summed E-state index contributed by atoms with van der Waals surface area (Å²) in [5.74, 6) is -4.30. The molecule has 0 unspecified atom stereocenters. The van der Waals surface area contributed by atoms with Crippen LogP contribution in [-0.2, 0) is 4.79 Å². The molecule has 0 spiro atoms. The number of para-hydroxylation sites is 2. The minimum Gasteiger partial charge on any atom is -0.504 e. The first-order valence-corrected chi connectivity index (χ1v) is 8.62. The topological polar surface area (TPSA) is 182 Å². The smallest absolute Gasteiger partial charge is 0.255 e. The van der Waals surface area contributed by atoms with E-state index in [1.807, 2.05) is 0 Å². The Morgan fingerprint density at radius 1 is 0.862 bits per heavy atom. The number of hydrogen-bond acceptors (Lipinski definition) is 7. The molecule has 0 saturated carbocycles. The van der Waals surface area contributed by atoms with Gasteiger partial charge in [-0.1, -0.05) is 12.1 Å². The zero-order valence-electron chi connectivity index (χ0n) is 15.3. The first-order valence-electron chi connectivity index (χ1n) is 8.62. The first-order chi connectivity index (χ1) is 13.7. The predicted octanol–water partition coefficient (Wildman–Crippen LogP) is 0.303. The summed E-state index contributed by atoms with van der Waals surface area (Å²) in [6.45, 7) is 0.102. The van der Waals surface area contributed by atoms with E-state index in [1.54, 1.807) is 0 Å². The highest BCUT2D eigenvalue weighted by atomic mass is 16.3. The molecule has 2 rings (SSSR count). The molecule has 29 heavy (non-hydrogen) atoms. The van der Waals surface area contributed by atoms with Gasteiger partial charge in [-0.05, 0) is 37.1 Å². The van der Waals surface area contributed by atoms with Gasteiger partial charge in [0.15, 0.2) is 23.0 Å². The number of benzene rings is 2. The standard InChI is InChI=1S/C19H21N3O7/c20-17(27)12(22-19(29)11-5-2-8-14(24)16(11)26)6-3-9-21-18(28)10-4-1-7-13(23)15(10)25/h1-2,4-5,7-8,12,23-26H,3,6,9H2,(H2,20,27)(H,21,28)(H,22,29)/t12-/m0/s1. The van der Waals surface area contributed by atoms with Crippen LogP contribution in [0.3, 0.4) is 0 Å². The number of primary amides is 1. The lowest BCUT2D eigenvalue weighted by Crippen LogP contribution is -2.44. The predicted molar refractivity (Wildman–Crippen MR) is 102 cm³/mol. The van der Waals surface area contributed by atoms with Crippen LogP contribution in [-0.4, -0.2) is 50.7 Å². The van der Waals surface area contributed by atoms with Crippen LogP contribution in [0.4, 0.5) is 0 Å². The number of carbonyl (C=O) groups is 3. The van der Waals surface area contributed by atoms with E-state index in [1.165, 1.54) is 36.4 Å². The van der Waals surface area contributed by atoms with Gasteiger partial charge in [-0.2, -0.15) is 0 Å². The highest BCUT2D eigenvalue weighted by molar-refractivity contribution is 6.00. The van der Waals surface area contributed by atoms with E-state index in [0.29, 0.717) is 0 Å². The minimum atomic E-state index is -1.07. The highest BCUT2D eigenvalue weighted by Crippen LogP contribution is 2.28. The molecule has 2 aromatic rings. The number of phenolic OH excluding ortho intramolecular Hbond substituents is 4. The van der Waals surface area contributed by atoms with Crippen molar-refractivity contribution in [2.45, 2.75) is 18.9 Å². The molecular formula is C19H21N3O7. The van der Waals surface area contributed by atoms with Gasteiger partial charge in [0.2, 0.25) is 5.91 Å². The fraction of sp³-hybridized carbons (Fsp3) is 0.211. The Bertz CT molecular complexity index is 930. The third-order valence-electron chi connectivity index (χ3n) is 4.12. The van der Waals surface area contributed by atoms with Crippen LogP contribution in [0.2, 0.25) is 0 Å². The molecule has 0 saturated heterocycles. The lowest BCUT2D eigenvalue weighted by atomic mass is 10.1. The Morgan fingerprint density at radius 3 is 1.90 bits per heavy atom. The quantitative estimate of drug-likeness (QED) is 0.244. The van der Waals surface area contributed by atoms with Gasteiger partial charge >= 0.3 is 0 Å². The summed E-state index contributed by atoms with van der Waals surface area (Å²) in [4.78, 5) is 35.8. The maximum absolute atomic E-state index is 12.2. The summed E-state index contributed by atoms with van der Waals surface area (Å²) < 4.78 is 0. The van der Waals surface area contributed by atoms with Crippen LogP contribution in [0.25, 0.3) is 0 Å². The number of nitrogens with one attached hydrogen (secondary N) is 2. The van der Waals surface area contributed by atoms with Crippen LogP contribution in [0.15, 0.2) is 36.4 Å². The van der Waals surface area contributed by atoms with Gasteiger partial charge in [0, 0.05) is 6.54 Å². The van der Waals surface area contributed by atoms with Crippen molar-refractivity contribution in [3.05, 3.63) is 47.5 Å². The zero-order valence-corrected chi connectivity index (χ0v) is 15.3. The summed E-state index contributed by atoms with van der Waals surface area (Å²) in [5.41, 5.74) is 4.96. The van der Waals surface area contributed by atoms with Crippen LogP contribution in [0, 0.1) is 0 Å². The number of aromatic hydroxyl groups is 4. The number of carbonyl (C=O) groups excluding carboxylic acids is 3. The second-order valence-corrected chi connectivity index (χ2v) is 6.17. The first kappa shape index (κ1) is 21.4. The molecule has 10 nitrogen and oxygen atoms in total. The van der Waals surface area contributed by atoms with E-state index >= 15 is 0 Å². The van der Waals surface area contributed by atoms with Crippen LogP contribution < -0.4 is 16.4 Å². The molecule has 0 heterocycles. The normalized spacial score (nSPS) is 11.4. The molecule has 1 atom stereocenters. The van der Waals surface area contributed by atoms with Gasteiger partial charge in [-0.25, -0.2) is 0 Å². The van der Waals surface area contributed by atoms with Gasteiger partial charge in [0.25, 0.3) is 11.8 Å². The van der Waals surface area contributed by atoms with Crippen molar-refractivity contribution < 1.29 is 34.8 Å². The van der Waals surface area contributed by atoms with Crippen molar-refractivity contribution in [1.29, 1.82) is 0 Å². The molecule has 0 fully saturated rings. The molecule has 0 aliphatic rings. The van der Waals surface area contributed by atoms with Crippen LogP contribution in [0.1, 0.15) is 33.6 Å². The van der Waals surface area contributed by atoms with Gasteiger partial charge < -0.3 is 36.8 Å². The van der Waals surface area contributed by atoms with Crippen molar-refractivity contribution in [2.24, 2.45) is 5.73 Å². The Morgan fingerprint density at radius 2 is 1.38 bits per heavy atom. The molecule has 0 aromatic heterocycles. The van der Waals surface area contributed by atoms with E-state index in [-0.39, 0.29) is 30.5 Å². The van der Waals surface area contributed by atoms with E-state index in [0.717, 1.165) is 0 Å². The number of hydrogen-bond donors (Lipinski definition) is 7. The van der Waals surface area contributed by atoms with Crippen molar-refractivity contribution >= 4 is 17.7 Å². The van der Waals surface area contributed by atoms with Gasteiger partial charge in [-0.15, -0.1) is 0 Å². The van der Waals surface area contributed by atoms with Crippen molar-refractivity contribution in [3.8, 4) is 23.0 Å². The van der Waals surface area contributed by atoms with E-state index in [2.05, 4.69) is 10.6 Å². The Hall–Kier alpha value is -3.95. The van der Waals surface area contributed by atoms with Crippen molar-refractivity contribution in [1.82, 2.24) is 10.6 Å². The summed E-state index contributed by atoms with van der Waals surface area (Å²) in [5, 5.41) is 43.2. The SMILES string of the molecule is NC(=O)[C@H](CCCNC(=O)c1cccc(O)c1O)NC(=O)c1cccc(O)c1O. The lowest BCUT2D eigenvalue weighted by Gasteiger charge is -2.16. The summed E-state index contributed by atoms with van der Waals surface area (Å²) >= 11 is 0. The summed E-state index contributed by atoms with van der Waals surface area (Å²) in [6.07, 6.45) is 0.345. The molecular weight excluding hydrogens is 382 g/mol. The van der Waals surface area contributed by atoms with Gasteiger partial charge in [0.05, 0.1) is 11.1 Å². The molecule has 0 bridgehead atoms. The van der Waals surface area contributed by atoms with Crippen LogP contribution in [0.5, 0.6) is 23.0 Å². The maximum Gasteiger partial charge on any atom is 0.255 e. The molecule has 2 aromatic carbocycles.